The third-order valence-corrected chi connectivity index (χ3v) is 4.26. The summed E-state index contributed by atoms with van der Waals surface area (Å²) >= 11 is 1.20. The summed E-state index contributed by atoms with van der Waals surface area (Å²) < 4.78 is 0. The van der Waals surface area contributed by atoms with Gasteiger partial charge in [-0.3, -0.25) is 14.5 Å². The number of hydrogen-bond acceptors (Lipinski definition) is 6. The molecule has 6 nitrogen and oxygen atoms in total. The van der Waals surface area contributed by atoms with Crippen molar-refractivity contribution in [3.05, 3.63) is 24.3 Å². The van der Waals surface area contributed by atoms with Crippen molar-refractivity contribution < 1.29 is 9.59 Å². The van der Waals surface area contributed by atoms with Gasteiger partial charge in [-0.1, -0.05) is 23.9 Å². The minimum Gasteiger partial charge on any atom is -0.368 e. The second-order valence-corrected chi connectivity index (χ2v) is 6.34. The first-order valence-corrected chi connectivity index (χ1v) is 7.42. The topological polar surface area (TPSA) is 89.2 Å². The average Bonchev–Trinajstić information content (AvgIpc) is 2.77. The number of amides is 1. The van der Waals surface area contributed by atoms with Crippen LogP contribution < -0.4 is 10.6 Å². The van der Waals surface area contributed by atoms with E-state index in [9.17, 15) is 9.59 Å². The number of hydrogen-bond donors (Lipinski definition) is 1. The highest BCUT2D eigenvalue weighted by atomic mass is 32.2. The number of aromatic nitrogens is 2. The molecule has 0 bridgehead atoms. The van der Waals surface area contributed by atoms with E-state index in [1.807, 2.05) is 24.3 Å². The van der Waals surface area contributed by atoms with Crippen LogP contribution >= 0.6 is 11.8 Å². The van der Waals surface area contributed by atoms with Gasteiger partial charge in [-0.15, -0.1) is 0 Å². The summed E-state index contributed by atoms with van der Waals surface area (Å²) in [5.41, 5.74) is 6.44. The second kappa shape index (κ2) is 5.33. The SMILES string of the molecule is CC(=O)SC1CC(=O)N(c2nc(N)nc3ccccc23)C1. The van der Waals surface area contributed by atoms with E-state index in [1.54, 1.807) is 4.90 Å². The molecule has 1 amide bonds. The van der Waals surface area contributed by atoms with Crippen LogP contribution in [0.5, 0.6) is 0 Å². The molecule has 0 radical (unpaired) electrons. The lowest BCUT2D eigenvalue weighted by atomic mass is 10.2. The Balaban J connectivity index is 2.00. The fourth-order valence-electron chi connectivity index (χ4n) is 2.48. The highest BCUT2D eigenvalue weighted by molar-refractivity contribution is 8.14. The third kappa shape index (κ3) is 2.69. The fraction of sp³-hybridized carbons (Fsp3) is 0.286. The van der Waals surface area contributed by atoms with Crippen molar-refractivity contribution in [2.75, 3.05) is 17.2 Å². The maximum absolute atomic E-state index is 12.2. The Labute approximate surface area is 125 Å². The Hall–Kier alpha value is -2.15. The molecule has 1 aromatic heterocycles. The van der Waals surface area contributed by atoms with E-state index in [0.717, 1.165) is 5.39 Å². The number of nitrogens with two attached hydrogens (primary N) is 1. The second-order valence-electron chi connectivity index (χ2n) is 4.86. The normalized spacial score (nSPS) is 18.4. The van der Waals surface area contributed by atoms with Gasteiger partial charge in [0.05, 0.1) is 5.52 Å². The third-order valence-electron chi connectivity index (χ3n) is 3.28. The van der Waals surface area contributed by atoms with Gasteiger partial charge in [0, 0.05) is 30.5 Å². The minimum atomic E-state index is -0.0444. The summed E-state index contributed by atoms with van der Waals surface area (Å²) in [6.45, 7) is 1.97. The van der Waals surface area contributed by atoms with Crippen LogP contribution in [-0.4, -0.2) is 32.8 Å². The van der Waals surface area contributed by atoms with Gasteiger partial charge in [0.2, 0.25) is 11.9 Å². The molecule has 0 aliphatic carbocycles. The zero-order chi connectivity index (χ0) is 15.0. The Kier molecular flexibility index (Phi) is 3.50. The molecule has 1 aliphatic rings. The molecule has 21 heavy (non-hydrogen) atoms. The molecule has 1 saturated heterocycles. The van der Waals surface area contributed by atoms with Crippen LogP contribution in [-0.2, 0) is 9.59 Å². The van der Waals surface area contributed by atoms with Gasteiger partial charge >= 0.3 is 0 Å². The quantitative estimate of drug-likeness (QED) is 0.906. The van der Waals surface area contributed by atoms with E-state index in [4.69, 9.17) is 5.73 Å². The molecule has 1 atom stereocenters. The molecular weight excluding hydrogens is 288 g/mol. The first-order chi connectivity index (χ1) is 10.0. The predicted molar refractivity (Wildman–Crippen MR) is 83.0 cm³/mol. The minimum absolute atomic E-state index is 0.0155. The largest absolute Gasteiger partial charge is 0.368 e. The number of nitrogens with zero attached hydrogens (tertiary/aromatic N) is 3. The maximum atomic E-state index is 12.2. The lowest BCUT2D eigenvalue weighted by Crippen LogP contribution is -2.26. The first kappa shape index (κ1) is 13.8. The van der Waals surface area contributed by atoms with E-state index >= 15 is 0 Å². The molecule has 1 aromatic carbocycles. The van der Waals surface area contributed by atoms with Crippen LogP contribution in [0.1, 0.15) is 13.3 Å². The summed E-state index contributed by atoms with van der Waals surface area (Å²) in [4.78, 5) is 33.4. The molecule has 2 heterocycles. The van der Waals surface area contributed by atoms with E-state index in [-0.39, 0.29) is 22.2 Å². The Morgan fingerprint density at radius 3 is 2.90 bits per heavy atom. The van der Waals surface area contributed by atoms with Crippen LogP contribution in [0, 0.1) is 0 Å². The number of thioether (sulfide) groups is 1. The molecule has 1 fully saturated rings. The van der Waals surface area contributed by atoms with Gasteiger partial charge in [0.25, 0.3) is 0 Å². The maximum Gasteiger partial charge on any atom is 0.229 e. The molecule has 2 aromatic rings. The van der Waals surface area contributed by atoms with Crippen LogP contribution in [0.25, 0.3) is 10.9 Å². The fourth-order valence-corrected chi connectivity index (χ4v) is 3.40. The van der Waals surface area contributed by atoms with Crippen molar-refractivity contribution in [1.29, 1.82) is 0 Å². The zero-order valence-electron chi connectivity index (χ0n) is 11.4. The number of anilines is 2. The van der Waals surface area contributed by atoms with Crippen molar-refractivity contribution >= 4 is 45.5 Å². The summed E-state index contributed by atoms with van der Waals surface area (Å²) in [6, 6.07) is 7.43. The van der Waals surface area contributed by atoms with Crippen LogP contribution in [0.15, 0.2) is 24.3 Å². The Morgan fingerprint density at radius 2 is 2.14 bits per heavy atom. The number of para-hydroxylation sites is 1. The van der Waals surface area contributed by atoms with Crippen molar-refractivity contribution in [2.24, 2.45) is 0 Å². The number of carbonyl (C=O) groups excluding carboxylic acids is 2. The van der Waals surface area contributed by atoms with Crippen LogP contribution in [0.3, 0.4) is 0 Å². The molecule has 2 N–H and O–H groups in total. The Morgan fingerprint density at radius 1 is 1.38 bits per heavy atom. The molecule has 0 spiro atoms. The van der Waals surface area contributed by atoms with Crippen molar-refractivity contribution in [3.63, 3.8) is 0 Å². The van der Waals surface area contributed by atoms with Crippen molar-refractivity contribution in [2.45, 2.75) is 18.6 Å². The van der Waals surface area contributed by atoms with Gasteiger partial charge in [-0.2, -0.15) is 4.98 Å². The molecular formula is C14H14N4O2S. The van der Waals surface area contributed by atoms with Gasteiger partial charge in [0.1, 0.15) is 5.82 Å². The van der Waals surface area contributed by atoms with E-state index < -0.39 is 0 Å². The summed E-state index contributed by atoms with van der Waals surface area (Å²) in [5.74, 6) is 0.617. The first-order valence-electron chi connectivity index (χ1n) is 6.54. The van der Waals surface area contributed by atoms with E-state index in [0.29, 0.717) is 24.3 Å². The highest BCUT2D eigenvalue weighted by Gasteiger charge is 2.33. The van der Waals surface area contributed by atoms with Crippen molar-refractivity contribution in [1.82, 2.24) is 9.97 Å². The molecule has 1 unspecified atom stereocenters. The molecule has 108 valence electrons. The smallest absolute Gasteiger partial charge is 0.229 e. The lowest BCUT2D eigenvalue weighted by Gasteiger charge is -2.17. The number of carbonyl (C=O) groups is 2. The molecule has 3 rings (SSSR count). The van der Waals surface area contributed by atoms with E-state index in [1.165, 1.54) is 18.7 Å². The van der Waals surface area contributed by atoms with E-state index in [2.05, 4.69) is 9.97 Å². The number of rotatable bonds is 2. The van der Waals surface area contributed by atoms with Crippen LogP contribution in [0.2, 0.25) is 0 Å². The van der Waals surface area contributed by atoms with Gasteiger partial charge in [0.15, 0.2) is 5.12 Å². The number of nitrogen functional groups attached to an aromatic ring is 1. The summed E-state index contributed by atoms with van der Waals surface area (Å²) in [5, 5.41) is 0.764. The molecule has 7 heteroatoms. The number of benzene rings is 1. The zero-order valence-corrected chi connectivity index (χ0v) is 12.3. The monoisotopic (exact) mass is 302 g/mol. The average molecular weight is 302 g/mol. The van der Waals surface area contributed by atoms with Gasteiger partial charge < -0.3 is 5.73 Å². The molecule has 0 saturated carbocycles. The number of fused-ring (bicyclic) bond motifs is 1. The molecule has 1 aliphatic heterocycles. The van der Waals surface area contributed by atoms with Gasteiger partial charge in [-0.25, -0.2) is 4.98 Å². The summed E-state index contributed by atoms with van der Waals surface area (Å²) in [7, 11) is 0. The van der Waals surface area contributed by atoms with Crippen molar-refractivity contribution in [3.8, 4) is 0 Å². The predicted octanol–water partition coefficient (Wildman–Crippen LogP) is 1.60. The van der Waals surface area contributed by atoms with Gasteiger partial charge in [-0.05, 0) is 12.1 Å². The highest BCUT2D eigenvalue weighted by Crippen LogP contribution is 2.31. The standard InChI is InChI=1S/C14H14N4O2S/c1-8(19)21-9-6-12(20)18(7-9)13-10-4-2-3-5-11(10)16-14(15)17-13/h2-5,9H,6-7H2,1H3,(H2,15,16,17). The van der Waals surface area contributed by atoms with Crippen LogP contribution in [0.4, 0.5) is 11.8 Å². The Bertz CT molecular complexity index is 734. The lowest BCUT2D eigenvalue weighted by molar-refractivity contribution is -0.117. The summed E-state index contributed by atoms with van der Waals surface area (Å²) in [6.07, 6.45) is 0.336.